The number of nitrogens with zero attached hydrogens (tertiary/aromatic N) is 3. The van der Waals surface area contributed by atoms with E-state index in [2.05, 4.69) is 10.1 Å². The van der Waals surface area contributed by atoms with E-state index in [1.807, 2.05) is 6.07 Å². The molecular weight excluding hydrogens is 166 g/mol. The molecule has 0 spiro atoms. The molecule has 0 aliphatic rings. The quantitative estimate of drug-likeness (QED) is 0.658. The Morgan fingerprint density at radius 1 is 1.23 bits per heavy atom. The first-order valence-corrected chi connectivity index (χ1v) is 3.79. The third-order valence-corrected chi connectivity index (χ3v) is 1.68. The lowest BCUT2D eigenvalue weighted by Gasteiger charge is -2.02. The van der Waals surface area contributed by atoms with Gasteiger partial charge in [0.2, 0.25) is 0 Å². The number of hydrogen-bond acceptors (Lipinski definition) is 4. The summed E-state index contributed by atoms with van der Waals surface area (Å²) in [6, 6.07) is 5.28. The molecule has 0 aliphatic heterocycles. The van der Waals surface area contributed by atoms with Crippen molar-refractivity contribution in [2.45, 2.75) is 0 Å². The van der Waals surface area contributed by atoms with Gasteiger partial charge in [0.05, 0.1) is 5.69 Å². The molecule has 2 aromatic heterocycles. The van der Waals surface area contributed by atoms with Crippen LogP contribution in [0, 0.1) is 0 Å². The highest BCUT2D eigenvalue weighted by Gasteiger charge is 2.00. The van der Waals surface area contributed by atoms with E-state index < -0.39 is 0 Å². The molecule has 0 saturated carbocycles. The van der Waals surface area contributed by atoms with Crippen LogP contribution in [0.1, 0.15) is 0 Å². The van der Waals surface area contributed by atoms with E-state index >= 15 is 0 Å². The van der Waals surface area contributed by atoms with Crippen molar-refractivity contribution in [1.82, 2.24) is 14.8 Å². The Kier molecular flexibility index (Phi) is 1.63. The van der Waals surface area contributed by atoms with Gasteiger partial charge in [-0.15, -0.1) is 0 Å². The van der Waals surface area contributed by atoms with Crippen molar-refractivity contribution in [3.63, 3.8) is 0 Å². The van der Waals surface area contributed by atoms with Gasteiger partial charge in [-0.05, 0) is 18.2 Å². The first-order chi connectivity index (χ1) is 6.27. The zero-order valence-electron chi connectivity index (χ0n) is 6.88. The number of aromatic nitrogens is 3. The molecule has 66 valence electrons. The lowest BCUT2D eigenvalue weighted by molar-refractivity contribution is 0.849. The highest BCUT2D eigenvalue weighted by molar-refractivity contribution is 5.59. The number of nitrogens with two attached hydrogens (primary N) is 2. The molecule has 0 aromatic carbocycles. The molecule has 0 atom stereocenters. The second-order valence-electron chi connectivity index (χ2n) is 2.59. The number of hydrogen-bond donors (Lipinski definition) is 2. The molecule has 0 bridgehead atoms. The Labute approximate surface area is 75.0 Å². The van der Waals surface area contributed by atoms with Gasteiger partial charge in [-0.2, -0.15) is 5.10 Å². The Hall–Kier alpha value is -2.04. The summed E-state index contributed by atoms with van der Waals surface area (Å²) in [6.07, 6.45) is 3.46. The molecule has 5 heteroatoms. The third kappa shape index (κ3) is 1.31. The normalized spacial score (nSPS) is 10.2. The Bertz CT molecular complexity index is 406. The maximum absolute atomic E-state index is 5.55. The molecule has 2 aromatic rings. The van der Waals surface area contributed by atoms with Gasteiger partial charge in [0.1, 0.15) is 5.82 Å². The monoisotopic (exact) mass is 175 g/mol. The van der Waals surface area contributed by atoms with Crippen LogP contribution in [0.4, 0.5) is 11.5 Å². The fraction of sp³-hybridized carbons (Fsp3) is 0. The van der Waals surface area contributed by atoms with Crippen molar-refractivity contribution in [3.05, 3.63) is 30.6 Å². The average Bonchev–Trinajstić information content (AvgIpc) is 2.62. The predicted molar refractivity (Wildman–Crippen MR) is 50.2 cm³/mol. The molecule has 5 nitrogen and oxygen atoms in total. The smallest absolute Gasteiger partial charge is 0.155 e. The molecule has 0 saturated heterocycles. The van der Waals surface area contributed by atoms with Gasteiger partial charge >= 0.3 is 0 Å². The van der Waals surface area contributed by atoms with E-state index in [1.54, 1.807) is 29.2 Å². The summed E-state index contributed by atoms with van der Waals surface area (Å²) in [6.45, 7) is 0. The topological polar surface area (TPSA) is 82.8 Å². The Morgan fingerprint density at radius 2 is 2.08 bits per heavy atom. The molecule has 0 radical (unpaired) electrons. The average molecular weight is 175 g/mol. The second kappa shape index (κ2) is 2.78. The molecule has 0 fully saturated rings. The van der Waals surface area contributed by atoms with Crippen LogP contribution >= 0.6 is 0 Å². The van der Waals surface area contributed by atoms with Crippen LogP contribution in [0.2, 0.25) is 0 Å². The summed E-state index contributed by atoms with van der Waals surface area (Å²) < 4.78 is 1.62. The van der Waals surface area contributed by atoms with Gasteiger partial charge < -0.3 is 11.5 Å². The van der Waals surface area contributed by atoms with Crippen molar-refractivity contribution in [2.75, 3.05) is 11.5 Å². The fourth-order valence-corrected chi connectivity index (χ4v) is 1.01. The maximum Gasteiger partial charge on any atom is 0.155 e. The molecule has 4 N–H and O–H groups in total. The van der Waals surface area contributed by atoms with E-state index in [0.29, 0.717) is 17.3 Å². The van der Waals surface area contributed by atoms with Crippen molar-refractivity contribution >= 4 is 11.5 Å². The van der Waals surface area contributed by atoms with Crippen LogP contribution in [0.15, 0.2) is 30.6 Å². The van der Waals surface area contributed by atoms with Gasteiger partial charge in [0.15, 0.2) is 5.82 Å². The summed E-state index contributed by atoms with van der Waals surface area (Å²) in [5.74, 6) is 0.990. The number of nitrogen functional groups attached to an aromatic ring is 2. The Morgan fingerprint density at radius 3 is 2.69 bits per heavy atom. The van der Waals surface area contributed by atoms with E-state index in [1.165, 1.54) is 0 Å². The molecule has 0 amide bonds. The molecular formula is C8H9N5. The fourth-order valence-electron chi connectivity index (χ4n) is 1.01. The lowest BCUT2D eigenvalue weighted by atomic mass is 10.4. The Balaban J connectivity index is 2.49. The van der Waals surface area contributed by atoms with Gasteiger partial charge in [-0.1, -0.05) is 0 Å². The molecule has 0 unspecified atom stereocenters. The minimum atomic E-state index is 0.327. The van der Waals surface area contributed by atoms with Crippen LogP contribution in [0.3, 0.4) is 0 Å². The highest BCUT2D eigenvalue weighted by atomic mass is 15.3. The highest BCUT2D eigenvalue weighted by Crippen LogP contribution is 2.13. The minimum absolute atomic E-state index is 0.327. The zero-order valence-corrected chi connectivity index (χ0v) is 6.88. The largest absolute Gasteiger partial charge is 0.396 e. The minimum Gasteiger partial charge on any atom is -0.396 e. The third-order valence-electron chi connectivity index (χ3n) is 1.68. The summed E-state index contributed by atoms with van der Waals surface area (Å²) in [4.78, 5) is 4.07. The SMILES string of the molecule is Nc1ccc(-n2cccn2)nc1N. The van der Waals surface area contributed by atoms with E-state index in [0.717, 1.165) is 0 Å². The van der Waals surface area contributed by atoms with Crippen LogP contribution in [0.5, 0.6) is 0 Å². The van der Waals surface area contributed by atoms with Crippen LogP contribution in [-0.2, 0) is 0 Å². The van der Waals surface area contributed by atoms with Crippen molar-refractivity contribution in [3.8, 4) is 5.82 Å². The van der Waals surface area contributed by atoms with Crippen molar-refractivity contribution in [1.29, 1.82) is 0 Å². The summed E-state index contributed by atoms with van der Waals surface area (Å²) in [7, 11) is 0. The molecule has 2 heterocycles. The number of anilines is 2. The van der Waals surface area contributed by atoms with Gasteiger partial charge in [-0.25, -0.2) is 9.67 Å². The van der Waals surface area contributed by atoms with Gasteiger partial charge in [0.25, 0.3) is 0 Å². The summed E-state index contributed by atoms with van der Waals surface area (Å²) in [5, 5.41) is 4.02. The predicted octanol–water partition coefficient (Wildman–Crippen LogP) is 0.432. The standard InChI is InChI=1S/C8H9N5/c9-6-2-3-7(12-8(6)10)13-5-1-4-11-13/h1-5H,9H2,(H2,10,12). The van der Waals surface area contributed by atoms with Crippen LogP contribution in [-0.4, -0.2) is 14.8 Å². The maximum atomic E-state index is 5.55. The van der Waals surface area contributed by atoms with E-state index in [4.69, 9.17) is 11.5 Å². The number of rotatable bonds is 1. The van der Waals surface area contributed by atoms with E-state index in [-0.39, 0.29) is 0 Å². The first kappa shape index (κ1) is 7.60. The van der Waals surface area contributed by atoms with Crippen molar-refractivity contribution < 1.29 is 0 Å². The lowest BCUT2D eigenvalue weighted by Crippen LogP contribution is -2.03. The summed E-state index contributed by atoms with van der Waals surface area (Å²) >= 11 is 0. The number of pyridine rings is 1. The molecule has 13 heavy (non-hydrogen) atoms. The zero-order chi connectivity index (χ0) is 9.26. The first-order valence-electron chi connectivity index (χ1n) is 3.79. The molecule has 2 rings (SSSR count). The van der Waals surface area contributed by atoms with Gasteiger partial charge in [0, 0.05) is 12.4 Å². The van der Waals surface area contributed by atoms with E-state index in [9.17, 15) is 0 Å². The van der Waals surface area contributed by atoms with Crippen LogP contribution < -0.4 is 11.5 Å². The van der Waals surface area contributed by atoms with Gasteiger partial charge in [-0.3, -0.25) is 0 Å². The summed E-state index contributed by atoms with van der Waals surface area (Å²) in [5.41, 5.74) is 11.6. The second-order valence-corrected chi connectivity index (χ2v) is 2.59. The van der Waals surface area contributed by atoms with Crippen LogP contribution in [0.25, 0.3) is 5.82 Å². The van der Waals surface area contributed by atoms with Crippen molar-refractivity contribution in [2.24, 2.45) is 0 Å². The molecule has 0 aliphatic carbocycles.